The number of fused-ring (bicyclic) bond motifs is 1. The van der Waals surface area contributed by atoms with E-state index in [9.17, 15) is 4.79 Å². The van der Waals surface area contributed by atoms with Gasteiger partial charge < -0.3 is 10.2 Å². The maximum Gasteiger partial charge on any atom is 0.256 e. The SMILES string of the molecule is CCc1ncc2cccc(C(=O)N3CCCC(C)(C)C3CNc3ccc(Br)cn3)c2n1. The van der Waals surface area contributed by atoms with E-state index in [0.717, 1.165) is 52.8 Å². The summed E-state index contributed by atoms with van der Waals surface area (Å²) in [6.07, 6.45) is 6.40. The van der Waals surface area contributed by atoms with Gasteiger partial charge in [0.1, 0.15) is 11.6 Å². The van der Waals surface area contributed by atoms with Crippen molar-refractivity contribution in [1.82, 2.24) is 19.9 Å². The molecule has 4 rings (SSSR count). The lowest BCUT2D eigenvalue weighted by Crippen LogP contribution is -2.55. The van der Waals surface area contributed by atoms with E-state index in [1.165, 1.54) is 0 Å². The maximum atomic E-state index is 13.8. The molecule has 3 heterocycles. The van der Waals surface area contributed by atoms with E-state index in [1.807, 2.05) is 48.4 Å². The van der Waals surface area contributed by atoms with Crippen LogP contribution in [0.1, 0.15) is 49.8 Å². The molecule has 1 aliphatic rings. The lowest BCUT2D eigenvalue weighted by Gasteiger charge is -2.46. The van der Waals surface area contributed by atoms with Gasteiger partial charge in [-0.25, -0.2) is 15.0 Å². The minimum Gasteiger partial charge on any atom is -0.368 e. The van der Waals surface area contributed by atoms with Crippen LogP contribution in [0, 0.1) is 5.41 Å². The average molecular weight is 482 g/mol. The zero-order valence-corrected chi connectivity index (χ0v) is 19.8. The molecule has 0 aliphatic carbocycles. The number of halogens is 1. The Bertz CT molecular complexity index is 1080. The number of aromatic nitrogens is 3. The van der Waals surface area contributed by atoms with Crippen LogP contribution in [0.2, 0.25) is 0 Å². The number of anilines is 1. The maximum absolute atomic E-state index is 13.8. The second-order valence-corrected chi connectivity index (χ2v) is 9.65. The summed E-state index contributed by atoms with van der Waals surface area (Å²) in [4.78, 5) is 29.3. The van der Waals surface area contributed by atoms with E-state index in [0.29, 0.717) is 12.1 Å². The van der Waals surface area contributed by atoms with Crippen molar-refractivity contribution in [1.29, 1.82) is 0 Å². The Labute approximate surface area is 191 Å². The fourth-order valence-corrected chi connectivity index (χ4v) is 4.59. The molecule has 1 fully saturated rings. The third-order valence-electron chi connectivity index (χ3n) is 6.17. The molecular formula is C24H28BrN5O. The number of pyridine rings is 1. The summed E-state index contributed by atoms with van der Waals surface area (Å²) < 4.78 is 0.942. The van der Waals surface area contributed by atoms with Gasteiger partial charge in [0.2, 0.25) is 0 Å². The van der Waals surface area contributed by atoms with Gasteiger partial charge >= 0.3 is 0 Å². The summed E-state index contributed by atoms with van der Waals surface area (Å²) in [5, 5.41) is 4.33. The Morgan fingerprint density at radius 2 is 2.06 bits per heavy atom. The molecule has 162 valence electrons. The number of carbonyl (C=O) groups is 1. The third-order valence-corrected chi connectivity index (χ3v) is 6.64. The van der Waals surface area contributed by atoms with Crippen molar-refractivity contribution in [3.8, 4) is 0 Å². The highest BCUT2D eigenvalue weighted by Crippen LogP contribution is 2.36. The van der Waals surface area contributed by atoms with Crippen molar-refractivity contribution in [2.24, 2.45) is 5.41 Å². The number of carbonyl (C=O) groups excluding carboxylic acids is 1. The molecule has 0 spiro atoms. The van der Waals surface area contributed by atoms with Crippen LogP contribution in [-0.2, 0) is 6.42 Å². The van der Waals surface area contributed by atoms with Crippen LogP contribution in [0.25, 0.3) is 10.9 Å². The predicted octanol–water partition coefficient (Wildman–Crippen LogP) is 5.09. The number of hydrogen-bond acceptors (Lipinski definition) is 5. The Hall–Kier alpha value is -2.54. The molecule has 1 saturated heterocycles. The lowest BCUT2D eigenvalue weighted by atomic mass is 9.76. The number of nitrogens with one attached hydrogen (secondary N) is 1. The van der Waals surface area contributed by atoms with Gasteiger partial charge in [-0.15, -0.1) is 0 Å². The van der Waals surface area contributed by atoms with Gasteiger partial charge in [-0.1, -0.05) is 32.9 Å². The minimum absolute atomic E-state index is 0.00950. The van der Waals surface area contributed by atoms with Gasteiger partial charge in [-0.2, -0.15) is 0 Å². The van der Waals surface area contributed by atoms with Gasteiger partial charge in [-0.05, 0) is 52.4 Å². The van der Waals surface area contributed by atoms with Crippen LogP contribution in [0.3, 0.4) is 0 Å². The van der Waals surface area contributed by atoms with Crippen molar-refractivity contribution in [2.45, 2.75) is 46.1 Å². The van der Waals surface area contributed by atoms with Crippen LogP contribution in [-0.4, -0.2) is 44.9 Å². The summed E-state index contributed by atoms with van der Waals surface area (Å²) in [6, 6.07) is 9.72. The highest BCUT2D eigenvalue weighted by Gasteiger charge is 2.40. The van der Waals surface area contributed by atoms with E-state index in [-0.39, 0.29) is 17.4 Å². The molecular weight excluding hydrogens is 454 g/mol. The molecule has 0 bridgehead atoms. The first-order valence-corrected chi connectivity index (χ1v) is 11.6. The van der Waals surface area contributed by atoms with Crippen LogP contribution >= 0.6 is 15.9 Å². The topological polar surface area (TPSA) is 71.0 Å². The monoisotopic (exact) mass is 481 g/mol. The highest BCUT2D eigenvalue weighted by molar-refractivity contribution is 9.10. The van der Waals surface area contributed by atoms with E-state index < -0.39 is 0 Å². The van der Waals surface area contributed by atoms with Gasteiger partial charge in [0.15, 0.2) is 0 Å². The molecule has 1 aromatic carbocycles. The van der Waals surface area contributed by atoms with Crippen molar-refractivity contribution >= 4 is 38.6 Å². The van der Waals surface area contributed by atoms with Crippen LogP contribution in [0.5, 0.6) is 0 Å². The molecule has 31 heavy (non-hydrogen) atoms. The van der Waals surface area contributed by atoms with E-state index in [4.69, 9.17) is 0 Å². The fraction of sp³-hybridized carbons (Fsp3) is 0.417. The van der Waals surface area contributed by atoms with Gasteiger partial charge in [0, 0.05) is 41.8 Å². The van der Waals surface area contributed by atoms with Crippen molar-refractivity contribution in [3.05, 3.63) is 58.6 Å². The van der Waals surface area contributed by atoms with Crippen molar-refractivity contribution < 1.29 is 4.79 Å². The normalized spacial score (nSPS) is 18.2. The summed E-state index contributed by atoms with van der Waals surface area (Å²) in [5.41, 5.74) is 1.38. The predicted molar refractivity (Wildman–Crippen MR) is 127 cm³/mol. The van der Waals surface area contributed by atoms with Gasteiger partial charge in [0.05, 0.1) is 17.1 Å². The first-order chi connectivity index (χ1) is 14.9. The number of para-hydroxylation sites is 1. The quantitative estimate of drug-likeness (QED) is 0.549. The van der Waals surface area contributed by atoms with E-state index in [1.54, 1.807) is 6.20 Å². The molecule has 6 nitrogen and oxygen atoms in total. The number of rotatable bonds is 5. The number of nitrogens with zero attached hydrogens (tertiary/aromatic N) is 4. The first kappa shape index (κ1) is 21.7. The zero-order valence-electron chi connectivity index (χ0n) is 18.2. The Balaban J connectivity index is 1.65. The smallest absolute Gasteiger partial charge is 0.256 e. The molecule has 1 N–H and O–H groups in total. The molecule has 3 aromatic rings. The Kier molecular flexibility index (Phi) is 6.23. The summed E-state index contributed by atoms with van der Waals surface area (Å²) in [7, 11) is 0. The molecule has 0 radical (unpaired) electrons. The molecule has 7 heteroatoms. The number of benzene rings is 1. The second kappa shape index (κ2) is 8.91. The third kappa shape index (κ3) is 4.56. The first-order valence-electron chi connectivity index (χ1n) is 10.8. The molecule has 2 aromatic heterocycles. The van der Waals surface area contributed by atoms with Crippen molar-refractivity contribution in [3.63, 3.8) is 0 Å². The zero-order chi connectivity index (χ0) is 22.0. The Morgan fingerprint density at radius 1 is 1.23 bits per heavy atom. The molecule has 0 saturated carbocycles. The number of likely N-dealkylation sites (tertiary alicyclic amines) is 1. The molecule has 1 unspecified atom stereocenters. The van der Waals surface area contributed by atoms with Gasteiger partial charge in [-0.3, -0.25) is 4.79 Å². The lowest BCUT2D eigenvalue weighted by molar-refractivity contribution is 0.0321. The van der Waals surface area contributed by atoms with Crippen LogP contribution < -0.4 is 5.32 Å². The molecule has 1 amide bonds. The molecule has 1 aliphatic heterocycles. The molecule has 1 atom stereocenters. The Morgan fingerprint density at radius 3 is 2.81 bits per heavy atom. The summed E-state index contributed by atoms with van der Waals surface area (Å²) in [5.74, 6) is 1.60. The van der Waals surface area contributed by atoms with Crippen LogP contribution in [0.4, 0.5) is 5.82 Å². The second-order valence-electron chi connectivity index (χ2n) is 8.73. The highest BCUT2D eigenvalue weighted by atomic mass is 79.9. The van der Waals surface area contributed by atoms with Crippen molar-refractivity contribution in [2.75, 3.05) is 18.4 Å². The van der Waals surface area contributed by atoms with E-state index in [2.05, 4.69) is 50.0 Å². The summed E-state index contributed by atoms with van der Waals surface area (Å²) in [6.45, 7) is 7.90. The standard InChI is InChI=1S/C24H28BrN5O/c1-4-20-26-13-16-7-5-8-18(22(16)29-20)23(31)30-12-6-11-24(2,3)19(30)15-28-21-10-9-17(25)14-27-21/h5,7-10,13-14,19H,4,6,11-12,15H2,1-3H3,(H,27,28). The average Bonchev–Trinajstić information content (AvgIpc) is 2.77. The van der Waals surface area contributed by atoms with E-state index >= 15 is 0 Å². The number of amides is 1. The largest absolute Gasteiger partial charge is 0.368 e. The number of piperidine rings is 1. The van der Waals surface area contributed by atoms with Gasteiger partial charge in [0.25, 0.3) is 5.91 Å². The number of aryl methyl sites for hydroxylation is 1. The van der Waals surface area contributed by atoms with Crippen LogP contribution in [0.15, 0.2) is 47.2 Å². The fourth-order valence-electron chi connectivity index (χ4n) is 4.35. The summed E-state index contributed by atoms with van der Waals surface area (Å²) >= 11 is 3.42. The number of hydrogen-bond donors (Lipinski definition) is 1. The minimum atomic E-state index is -0.00950.